The van der Waals surface area contributed by atoms with Crippen LogP contribution in [0.15, 0.2) is 53.4 Å². The highest BCUT2D eigenvalue weighted by Crippen LogP contribution is 2.21. The van der Waals surface area contributed by atoms with E-state index < -0.39 is 5.97 Å². The van der Waals surface area contributed by atoms with Crippen LogP contribution in [0.5, 0.6) is 5.75 Å². The van der Waals surface area contributed by atoms with Crippen LogP contribution >= 0.6 is 11.8 Å². The van der Waals surface area contributed by atoms with Gasteiger partial charge in [-0.15, -0.1) is 11.8 Å². The van der Waals surface area contributed by atoms with E-state index in [1.54, 1.807) is 24.8 Å². The molecule has 1 N–H and O–H groups in total. The minimum Gasteiger partial charge on any atom is -0.493 e. The van der Waals surface area contributed by atoms with E-state index in [9.17, 15) is 4.79 Å². The molecular weight excluding hydrogens is 272 g/mol. The first-order valence-corrected chi connectivity index (χ1v) is 7.30. The van der Waals surface area contributed by atoms with Crippen molar-refractivity contribution >= 4 is 17.7 Å². The van der Waals surface area contributed by atoms with Gasteiger partial charge in [-0.05, 0) is 36.8 Å². The van der Waals surface area contributed by atoms with Crippen molar-refractivity contribution in [1.82, 2.24) is 0 Å². The molecular formula is C16H16O3S. The molecule has 2 aromatic rings. The average molecular weight is 288 g/mol. The van der Waals surface area contributed by atoms with Gasteiger partial charge in [-0.1, -0.05) is 24.3 Å². The quantitative estimate of drug-likeness (QED) is 0.647. The largest absolute Gasteiger partial charge is 0.493 e. The number of aromatic carboxylic acids is 1. The maximum absolute atomic E-state index is 11.1. The lowest BCUT2D eigenvalue weighted by molar-refractivity contribution is 0.0696. The van der Waals surface area contributed by atoms with Crippen LogP contribution in [0.2, 0.25) is 0 Å². The third-order valence-electron chi connectivity index (χ3n) is 2.80. The summed E-state index contributed by atoms with van der Waals surface area (Å²) in [4.78, 5) is 12.0. The van der Waals surface area contributed by atoms with Crippen molar-refractivity contribution in [2.24, 2.45) is 0 Å². The number of carbonyl (C=O) groups is 1. The second-order valence-electron chi connectivity index (χ2n) is 4.29. The molecule has 0 saturated carbocycles. The molecule has 3 nitrogen and oxygen atoms in total. The topological polar surface area (TPSA) is 46.5 Å². The number of para-hydroxylation sites is 1. The summed E-state index contributed by atoms with van der Waals surface area (Å²) in [7, 11) is 0. The summed E-state index contributed by atoms with van der Waals surface area (Å²) in [6.07, 6.45) is 0. The zero-order chi connectivity index (χ0) is 14.4. The molecule has 0 bridgehead atoms. The number of ether oxygens (including phenoxy) is 1. The zero-order valence-corrected chi connectivity index (χ0v) is 12.0. The molecule has 0 aliphatic heterocycles. The molecule has 4 heteroatoms. The Kier molecular flexibility index (Phi) is 5.07. The molecule has 0 atom stereocenters. The second-order valence-corrected chi connectivity index (χ2v) is 5.46. The lowest BCUT2D eigenvalue weighted by Crippen LogP contribution is -2.01. The lowest BCUT2D eigenvalue weighted by Gasteiger charge is -2.07. The minimum atomic E-state index is -0.884. The van der Waals surface area contributed by atoms with E-state index in [-0.39, 0.29) is 0 Å². The highest BCUT2D eigenvalue weighted by molar-refractivity contribution is 7.99. The Hall–Kier alpha value is -1.94. The van der Waals surface area contributed by atoms with E-state index in [1.165, 1.54) is 0 Å². The summed E-state index contributed by atoms with van der Waals surface area (Å²) in [5.74, 6) is 0.741. The first kappa shape index (κ1) is 14.5. The Bertz CT molecular complexity index is 582. The molecule has 0 unspecified atom stereocenters. The van der Waals surface area contributed by atoms with E-state index in [4.69, 9.17) is 9.84 Å². The van der Waals surface area contributed by atoms with E-state index >= 15 is 0 Å². The van der Waals surface area contributed by atoms with Crippen molar-refractivity contribution in [1.29, 1.82) is 0 Å². The van der Waals surface area contributed by atoms with Crippen LogP contribution in [0.4, 0.5) is 0 Å². The Morgan fingerprint density at radius 1 is 1.20 bits per heavy atom. The van der Waals surface area contributed by atoms with E-state index in [2.05, 4.69) is 0 Å². The van der Waals surface area contributed by atoms with Gasteiger partial charge in [-0.3, -0.25) is 0 Å². The standard InChI is InChI=1S/C16H16O3S/c1-12-7-8-14(11-15(12)16(17)18)20-10-9-19-13-5-3-2-4-6-13/h2-8,11H,9-10H2,1H3,(H,17,18). The normalized spacial score (nSPS) is 10.2. The van der Waals surface area contributed by atoms with Gasteiger partial charge in [0.05, 0.1) is 12.2 Å². The van der Waals surface area contributed by atoms with Gasteiger partial charge in [0.1, 0.15) is 5.75 Å². The summed E-state index contributed by atoms with van der Waals surface area (Å²) < 4.78 is 5.59. The maximum atomic E-state index is 11.1. The third-order valence-corrected chi connectivity index (χ3v) is 3.76. The fraction of sp³-hybridized carbons (Fsp3) is 0.188. The van der Waals surface area contributed by atoms with Crippen LogP contribution < -0.4 is 4.74 Å². The lowest BCUT2D eigenvalue weighted by atomic mass is 10.1. The summed E-state index contributed by atoms with van der Waals surface area (Å²) in [6, 6.07) is 15.1. The predicted octanol–water partition coefficient (Wildman–Crippen LogP) is 3.86. The number of benzene rings is 2. The zero-order valence-electron chi connectivity index (χ0n) is 11.2. The van der Waals surface area contributed by atoms with Crippen LogP contribution in [0.1, 0.15) is 15.9 Å². The van der Waals surface area contributed by atoms with Crippen LogP contribution in [-0.4, -0.2) is 23.4 Å². The van der Waals surface area contributed by atoms with E-state index in [0.29, 0.717) is 12.2 Å². The van der Waals surface area contributed by atoms with Crippen molar-refractivity contribution in [3.05, 3.63) is 59.7 Å². The Morgan fingerprint density at radius 2 is 1.95 bits per heavy atom. The molecule has 2 aromatic carbocycles. The van der Waals surface area contributed by atoms with Gasteiger partial charge >= 0.3 is 5.97 Å². The number of hydrogen-bond donors (Lipinski definition) is 1. The molecule has 104 valence electrons. The molecule has 2 rings (SSSR count). The summed E-state index contributed by atoms with van der Waals surface area (Å²) in [5, 5.41) is 9.08. The molecule has 0 aliphatic carbocycles. The van der Waals surface area contributed by atoms with Gasteiger partial charge < -0.3 is 9.84 Å². The molecule has 20 heavy (non-hydrogen) atoms. The number of carboxylic acids is 1. The van der Waals surface area contributed by atoms with Gasteiger partial charge in [-0.2, -0.15) is 0 Å². The highest BCUT2D eigenvalue weighted by Gasteiger charge is 2.07. The first-order chi connectivity index (χ1) is 9.66. The predicted molar refractivity (Wildman–Crippen MR) is 80.8 cm³/mol. The number of aryl methyl sites for hydroxylation is 1. The van der Waals surface area contributed by atoms with E-state index in [1.807, 2.05) is 42.5 Å². The maximum Gasteiger partial charge on any atom is 0.335 e. The Morgan fingerprint density at radius 3 is 2.65 bits per heavy atom. The molecule has 0 fully saturated rings. The van der Waals surface area contributed by atoms with Crippen molar-refractivity contribution < 1.29 is 14.6 Å². The van der Waals surface area contributed by atoms with Crippen molar-refractivity contribution in [3.63, 3.8) is 0 Å². The number of thioether (sulfide) groups is 1. The molecule has 0 amide bonds. The fourth-order valence-electron chi connectivity index (χ4n) is 1.76. The second kappa shape index (κ2) is 7.01. The third kappa shape index (κ3) is 4.03. The van der Waals surface area contributed by atoms with Gasteiger partial charge in [0.25, 0.3) is 0 Å². The number of rotatable bonds is 6. The van der Waals surface area contributed by atoms with Gasteiger partial charge in [-0.25, -0.2) is 4.79 Å². The number of carboxylic acid groups (broad SMARTS) is 1. The fourth-order valence-corrected chi connectivity index (χ4v) is 2.52. The summed E-state index contributed by atoms with van der Waals surface area (Å²) in [6.45, 7) is 2.39. The van der Waals surface area contributed by atoms with Gasteiger partial charge in [0.2, 0.25) is 0 Å². The molecule has 0 radical (unpaired) electrons. The molecule has 0 saturated heterocycles. The molecule has 0 aliphatic rings. The molecule has 0 spiro atoms. The van der Waals surface area contributed by atoms with Crippen LogP contribution in [0.25, 0.3) is 0 Å². The first-order valence-electron chi connectivity index (χ1n) is 6.31. The smallest absolute Gasteiger partial charge is 0.335 e. The minimum absolute atomic E-state index is 0.360. The summed E-state index contributed by atoms with van der Waals surface area (Å²) >= 11 is 1.59. The van der Waals surface area contributed by atoms with Crippen molar-refractivity contribution in [2.75, 3.05) is 12.4 Å². The Balaban J connectivity index is 1.85. The van der Waals surface area contributed by atoms with Crippen molar-refractivity contribution in [2.45, 2.75) is 11.8 Å². The summed E-state index contributed by atoms with van der Waals surface area (Å²) in [5.41, 5.74) is 1.14. The van der Waals surface area contributed by atoms with Crippen LogP contribution in [0, 0.1) is 6.92 Å². The van der Waals surface area contributed by atoms with Gasteiger partial charge in [0.15, 0.2) is 0 Å². The highest BCUT2D eigenvalue weighted by atomic mass is 32.2. The van der Waals surface area contributed by atoms with Gasteiger partial charge in [0, 0.05) is 10.6 Å². The average Bonchev–Trinajstić information content (AvgIpc) is 2.46. The number of hydrogen-bond acceptors (Lipinski definition) is 3. The van der Waals surface area contributed by atoms with E-state index in [0.717, 1.165) is 22.0 Å². The van der Waals surface area contributed by atoms with Crippen LogP contribution in [-0.2, 0) is 0 Å². The van der Waals surface area contributed by atoms with Crippen molar-refractivity contribution in [3.8, 4) is 5.75 Å². The molecule has 0 aromatic heterocycles. The SMILES string of the molecule is Cc1ccc(SCCOc2ccccc2)cc1C(=O)O. The van der Waals surface area contributed by atoms with Crippen LogP contribution in [0.3, 0.4) is 0 Å². The monoisotopic (exact) mass is 288 g/mol. The Labute approximate surface area is 122 Å². The molecule has 0 heterocycles.